The predicted molar refractivity (Wildman–Crippen MR) is 83.3 cm³/mol. The number of aliphatic carboxylic acids is 1. The van der Waals surface area contributed by atoms with Crippen molar-refractivity contribution >= 4 is 5.97 Å². The third-order valence-corrected chi connectivity index (χ3v) is 3.92. The highest BCUT2D eigenvalue weighted by molar-refractivity contribution is 5.66. The second-order valence-corrected chi connectivity index (χ2v) is 5.71. The smallest absolute Gasteiger partial charge is 0.303 e. The monoisotopic (exact) mass is 308 g/mol. The number of para-hydroxylation sites is 1. The number of methoxy groups -OCH3 is 1. The van der Waals surface area contributed by atoms with Crippen LogP contribution in [0, 0.1) is 0 Å². The van der Waals surface area contributed by atoms with Gasteiger partial charge >= 0.3 is 5.97 Å². The van der Waals surface area contributed by atoms with E-state index in [-0.39, 0.29) is 18.6 Å². The molecule has 122 valence electrons. The van der Waals surface area contributed by atoms with Crippen LogP contribution < -0.4 is 15.2 Å². The van der Waals surface area contributed by atoms with Crippen molar-refractivity contribution in [3.63, 3.8) is 0 Å². The highest BCUT2D eigenvalue weighted by atomic mass is 16.5. The minimum atomic E-state index is -0.851. The fourth-order valence-corrected chi connectivity index (χ4v) is 2.74. The van der Waals surface area contributed by atoms with E-state index in [9.17, 15) is 4.79 Å². The molecule has 3 N–H and O–H groups in total. The number of ether oxygens (including phenoxy) is 2. The standard InChI is InChI=1S/C16H24N2O4/c1-18-9-8-11(10-18)22-14-5-3-4-12(16(14)21-2)13(17)6-7-15(19)20/h3-5,11,13H,6-10,17H2,1-2H3,(H,19,20). The fraction of sp³-hybridized carbons (Fsp3) is 0.562. The summed E-state index contributed by atoms with van der Waals surface area (Å²) in [6.45, 7) is 1.91. The van der Waals surface area contributed by atoms with Gasteiger partial charge in [-0.15, -0.1) is 0 Å². The first-order valence-electron chi connectivity index (χ1n) is 7.50. The summed E-state index contributed by atoms with van der Waals surface area (Å²) >= 11 is 0. The molecular formula is C16H24N2O4. The van der Waals surface area contributed by atoms with E-state index in [0.717, 1.165) is 25.1 Å². The molecule has 2 atom stereocenters. The van der Waals surface area contributed by atoms with Gasteiger partial charge in [0.25, 0.3) is 0 Å². The Morgan fingerprint density at radius 1 is 1.55 bits per heavy atom. The Balaban J connectivity index is 2.13. The van der Waals surface area contributed by atoms with Crippen LogP contribution in [-0.4, -0.2) is 49.3 Å². The number of hydrogen-bond donors (Lipinski definition) is 2. The van der Waals surface area contributed by atoms with E-state index < -0.39 is 5.97 Å². The van der Waals surface area contributed by atoms with Crippen molar-refractivity contribution in [2.45, 2.75) is 31.4 Å². The van der Waals surface area contributed by atoms with Gasteiger partial charge in [0, 0.05) is 31.1 Å². The normalized spacial score (nSPS) is 19.9. The summed E-state index contributed by atoms with van der Waals surface area (Å²) < 4.78 is 11.5. The van der Waals surface area contributed by atoms with Crippen LogP contribution >= 0.6 is 0 Å². The lowest BCUT2D eigenvalue weighted by Crippen LogP contribution is -2.22. The second kappa shape index (κ2) is 7.47. The number of hydrogen-bond acceptors (Lipinski definition) is 5. The first-order valence-corrected chi connectivity index (χ1v) is 7.50. The minimum Gasteiger partial charge on any atom is -0.493 e. The summed E-state index contributed by atoms with van der Waals surface area (Å²) in [6, 6.07) is 5.21. The summed E-state index contributed by atoms with van der Waals surface area (Å²) in [5.74, 6) is 0.428. The maximum atomic E-state index is 10.7. The van der Waals surface area contributed by atoms with Crippen LogP contribution in [0.5, 0.6) is 11.5 Å². The van der Waals surface area contributed by atoms with E-state index in [2.05, 4.69) is 11.9 Å². The number of benzene rings is 1. The number of likely N-dealkylation sites (tertiary alicyclic amines) is 1. The molecule has 2 rings (SSSR count). The van der Waals surface area contributed by atoms with Crippen LogP contribution in [0.3, 0.4) is 0 Å². The zero-order chi connectivity index (χ0) is 16.1. The highest BCUT2D eigenvalue weighted by Crippen LogP contribution is 2.36. The number of carboxylic acid groups (broad SMARTS) is 1. The summed E-state index contributed by atoms with van der Waals surface area (Å²) in [6.07, 6.45) is 1.52. The molecule has 0 bridgehead atoms. The molecule has 1 saturated heterocycles. The molecule has 6 nitrogen and oxygen atoms in total. The molecular weight excluding hydrogens is 284 g/mol. The van der Waals surface area contributed by atoms with E-state index in [0.29, 0.717) is 17.9 Å². The van der Waals surface area contributed by atoms with Gasteiger partial charge in [-0.05, 0) is 26.0 Å². The summed E-state index contributed by atoms with van der Waals surface area (Å²) in [5, 5.41) is 8.79. The Morgan fingerprint density at radius 3 is 2.91 bits per heavy atom. The van der Waals surface area contributed by atoms with Gasteiger partial charge in [0.1, 0.15) is 6.10 Å². The molecule has 1 aromatic carbocycles. The molecule has 0 aromatic heterocycles. The van der Waals surface area contributed by atoms with Crippen molar-refractivity contribution in [1.29, 1.82) is 0 Å². The van der Waals surface area contributed by atoms with Crippen LogP contribution in [0.2, 0.25) is 0 Å². The summed E-state index contributed by atoms with van der Waals surface area (Å²) in [4.78, 5) is 12.9. The number of nitrogens with zero attached hydrogens (tertiary/aromatic N) is 1. The minimum absolute atomic E-state index is 0.0306. The Kier molecular flexibility index (Phi) is 5.63. The molecule has 0 amide bonds. The second-order valence-electron chi connectivity index (χ2n) is 5.71. The Labute approximate surface area is 130 Å². The molecule has 1 heterocycles. The summed E-state index contributed by atoms with van der Waals surface area (Å²) in [5.41, 5.74) is 6.90. The molecule has 0 aliphatic carbocycles. The van der Waals surface area contributed by atoms with Crippen molar-refractivity contribution in [2.75, 3.05) is 27.2 Å². The predicted octanol–water partition coefficient (Wildman–Crippen LogP) is 1.64. The topological polar surface area (TPSA) is 85.0 Å². The van der Waals surface area contributed by atoms with Crippen LogP contribution in [0.25, 0.3) is 0 Å². The molecule has 1 fully saturated rings. The molecule has 2 unspecified atom stereocenters. The van der Waals surface area contributed by atoms with Gasteiger partial charge in [0.2, 0.25) is 0 Å². The fourth-order valence-electron chi connectivity index (χ4n) is 2.74. The molecule has 1 aliphatic heterocycles. The Morgan fingerprint density at radius 2 is 2.32 bits per heavy atom. The van der Waals surface area contributed by atoms with Gasteiger partial charge in [0.15, 0.2) is 11.5 Å². The highest BCUT2D eigenvalue weighted by Gasteiger charge is 2.24. The maximum absolute atomic E-state index is 10.7. The largest absolute Gasteiger partial charge is 0.493 e. The first-order chi connectivity index (χ1) is 10.5. The molecule has 6 heteroatoms. The molecule has 0 radical (unpaired) electrons. The van der Waals surface area contributed by atoms with Crippen LogP contribution in [0.1, 0.15) is 30.9 Å². The third-order valence-electron chi connectivity index (χ3n) is 3.92. The molecule has 1 aliphatic rings. The zero-order valence-electron chi connectivity index (χ0n) is 13.1. The zero-order valence-corrected chi connectivity index (χ0v) is 13.1. The van der Waals surface area contributed by atoms with E-state index in [1.807, 2.05) is 18.2 Å². The maximum Gasteiger partial charge on any atom is 0.303 e. The van der Waals surface area contributed by atoms with Gasteiger partial charge in [-0.25, -0.2) is 0 Å². The molecule has 1 aromatic rings. The number of nitrogens with two attached hydrogens (primary N) is 1. The third kappa shape index (κ3) is 4.11. The van der Waals surface area contributed by atoms with E-state index in [1.54, 1.807) is 7.11 Å². The average Bonchev–Trinajstić information content (AvgIpc) is 2.89. The van der Waals surface area contributed by atoms with Crippen LogP contribution in [0.4, 0.5) is 0 Å². The van der Waals surface area contributed by atoms with Gasteiger partial charge in [-0.1, -0.05) is 12.1 Å². The van der Waals surface area contributed by atoms with Gasteiger partial charge < -0.3 is 25.2 Å². The number of rotatable bonds is 7. The Hall–Kier alpha value is -1.79. The lowest BCUT2D eigenvalue weighted by molar-refractivity contribution is -0.137. The van der Waals surface area contributed by atoms with Crippen LogP contribution in [0.15, 0.2) is 18.2 Å². The van der Waals surface area contributed by atoms with Crippen molar-refractivity contribution in [3.05, 3.63) is 23.8 Å². The number of likely N-dealkylation sites (N-methyl/N-ethyl adjacent to an activating group) is 1. The molecule has 0 saturated carbocycles. The van der Waals surface area contributed by atoms with Gasteiger partial charge in [-0.2, -0.15) is 0 Å². The summed E-state index contributed by atoms with van der Waals surface area (Å²) in [7, 11) is 3.65. The molecule has 0 spiro atoms. The van der Waals surface area contributed by atoms with Crippen molar-refractivity contribution < 1.29 is 19.4 Å². The SMILES string of the molecule is COc1c(OC2CCN(C)C2)cccc1C(N)CCC(=O)O. The van der Waals surface area contributed by atoms with Gasteiger partial charge in [0.05, 0.1) is 7.11 Å². The first kappa shape index (κ1) is 16.6. The van der Waals surface area contributed by atoms with Crippen molar-refractivity contribution in [1.82, 2.24) is 4.90 Å². The number of carboxylic acids is 1. The lowest BCUT2D eigenvalue weighted by Gasteiger charge is -2.20. The van der Waals surface area contributed by atoms with Gasteiger partial charge in [-0.3, -0.25) is 4.79 Å². The Bertz CT molecular complexity index is 521. The lowest BCUT2D eigenvalue weighted by atomic mass is 10.0. The quantitative estimate of drug-likeness (QED) is 0.796. The average molecular weight is 308 g/mol. The van der Waals surface area contributed by atoms with Crippen LogP contribution in [-0.2, 0) is 4.79 Å². The van der Waals surface area contributed by atoms with E-state index in [1.165, 1.54) is 0 Å². The van der Waals surface area contributed by atoms with E-state index in [4.69, 9.17) is 20.3 Å². The van der Waals surface area contributed by atoms with E-state index >= 15 is 0 Å². The number of carbonyl (C=O) groups is 1. The van der Waals surface area contributed by atoms with Crippen molar-refractivity contribution in [2.24, 2.45) is 5.73 Å². The van der Waals surface area contributed by atoms with Crippen molar-refractivity contribution in [3.8, 4) is 11.5 Å². The molecule has 22 heavy (non-hydrogen) atoms.